The summed E-state index contributed by atoms with van der Waals surface area (Å²) in [5.41, 5.74) is 2.66. The van der Waals surface area contributed by atoms with Crippen LogP contribution in [0.15, 0.2) is 30.0 Å². The molecule has 0 amide bonds. The topological polar surface area (TPSA) is 96.6 Å². The van der Waals surface area contributed by atoms with E-state index in [1.807, 2.05) is 33.0 Å². The molecule has 2 rings (SSSR count). The number of hydrogen-bond donors (Lipinski definition) is 2. The molecule has 0 aliphatic rings. The summed E-state index contributed by atoms with van der Waals surface area (Å²) in [4.78, 5) is 21.7. The zero-order chi connectivity index (χ0) is 24.2. The molecule has 1 atom stereocenters. The van der Waals surface area contributed by atoms with Crippen molar-refractivity contribution in [2.75, 3.05) is 13.6 Å². The molecule has 0 aliphatic heterocycles. The van der Waals surface area contributed by atoms with Crippen LogP contribution >= 0.6 is 0 Å². The van der Waals surface area contributed by atoms with Gasteiger partial charge in [-0.25, -0.2) is 14.6 Å². The van der Waals surface area contributed by atoms with Crippen LogP contribution in [0.25, 0.3) is 5.82 Å². The second-order valence-electron chi connectivity index (χ2n) is 8.69. The van der Waals surface area contributed by atoms with Crippen molar-refractivity contribution in [3.8, 4) is 5.82 Å². The fraction of sp³-hybridized carbons (Fsp3) is 0.577. The van der Waals surface area contributed by atoms with Crippen LogP contribution in [0.1, 0.15) is 94.6 Å². The number of carbonyl (C=O) groups is 1. The molecule has 0 aromatic carbocycles. The van der Waals surface area contributed by atoms with Crippen molar-refractivity contribution in [1.82, 2.24) is 25.1 Å². The summed E-state index contributed by atoms with van der Waals surface area (Å²) in [6.07, 6.45) is 11.0. The monoisotopic (exact) mass is 452 g/mol. The lowest BCUT2D eigenvalue weighted by Crippen LogP contribution is -2.14. The van der Waals surface area contributed by atoms with Crippen LogP contribution in [0.2, 0.25) is 0 Å². The standard InChI is InChI=1S/C26H40N6O/c1-6-10-20(8-3)25(27)26-29-21(14-13-19(4)12-9-16-28-5)18-24(30-26)32-17-15-22(31-32)23(33)11-7-2/h8,15,17-19,27-28H,6-7,9-14,16H2,1-5H3/b20-8-,27-25?. The molecule has 1 unspecified atom stereocenters. The Bertz CT molecular complexity index is 946. The van der Waals surface area contributed by atoms with Crippen molar-refractivity contribution in [1.29, 1.82) is 5.41 Å². The van der Waals surface area contributed by atoms with Gasteiger partial charge in [-0.05, 0) is 76.6 Å². The zero-order valence-electron chi connectivity index (χ0n) is 20.9. The van der Waals surface area contributed by atoms with Gasteiger partial charge < -0.3 is 5.32 Å². The van der Waals surface area contributed by atoms with E-state index < -0.39 is 0 Å². The highest BCUT2D eigenvalue weighted by Gasteiger charge is 2.16. The Kier molecular flexibility index (Phi) is 11.1. The number of Topliss-reactive ketones (excluding diaryl/α,β-unsaturated/α-hetero) is 1. The average Bonchev–Trinajstić information content (AvgIpc) is 3.31. The van der Waals surface area contributed by atoms with Crippen molar-refractivity contribution < 1.29 is 4.79 Å². The van der Waals surface area contributed by atoms with Crippen LogP contribution < -0.4 is 5.32 Å². The Morgan fingerprint density at radius 1 is 1.21 bits per heavy atom. The van der Waals surface area contributed by atoms with Crippen LogP contribution in [0.5, 0.6) is 0 Å². The summed E-state index contributed by atoms with van der Waals surface area (Å²) < 4.78 is 1.64. The summed E-state index contributed by atoms with van der Waals surface area (Å²) >= 11 is 0. The van der Waals surface area contributed by atoms with Gasteiger partial charge in [0.1, 0.15) is 11.4 Å². The minimum absolute atomic E-state index is 0.0352. The van der Waals surface area contributed by atoms with Crippen LogP contribution in [0.4, 0.5) is 0 Å². The van der Waals surface area contributed by atoms with Crippen molar-refractivity contribution in [3.05, 3.63) is 47.2 Å². The minimum atomic E-state index is 0.0352. The molecule has 0 saturated heterocycles. The van der Waals surface area contributed by atoms with E-state index in [0.29, 0.717) is 35.4 Å². The SMILES string of the molecule is C/C=C(/CCC)C(=N)c1nc(CCC(C)CCCNC)cc(-n2ccc(C(=O)CCC)n2)n1. The molecule has 0 radical (unpaired) electrons. The average molecular weight is 453 g/mol. The molecule has 2 aromatic rings. The van der Waals surface area contributed by atoms with E-state index in [4.69, 9.17) is 10.4 Å². The fourth-order valence-corrected chi connectivity index (χ4v) is 3.79. The summed E-state index contributed by atoms with van der Waals surface area (Å²) in [6.45, 7) is 9.35. The molecule has 2 aromatic heterocycles. The molecule has 7 nitrogen and oxygen atoms in total. The molecule has 2 N–H and O–H groups in total. The molecule has 0 aliphatic carbocycles. The Labute approximate surface area is 198 Å². The molecular weight excluding hydrogens is 412 g/mol. The summed E-state index contributed by atoms with van der Waals surface area (Å²) in [7, 11) is 1.98. The predicted octanol–water partition coefficient (Wildman–Crippen LogP) is 5.33. The highest BCUT2D eigenvalue weighted by atomic mass is 16.1. The largest absolute Gasteiger partial charge is 0.320 e. The molecule has 180 valence electrons. The highest BCUT2D eigenvalue weighted by molar-refractivity contribution is 6.08. The summed E-state index contributed by atoms with van der Waals surface area (Å²) in [5.74, 6) is 1.65. The number of rotatable bonds is 15. The van der Waals surface area contributed by atoms with Gasteiger partial charge in [0.2, 0.25) is 0 Å². The second kappa shape index (κ2) is 13.8. The number of hydrogen-bond acceptors (Lipinski definition) is 6. The van der Waals surface area contributed by atoms with E-state index in [0.717, 1.165) is 56.3 Å². The van der Waals surface area contributed by atoms with Gasteiger partial charge in [-0.3, -0.25) is 10.2 Å². The van der Waals surface area contributed by atoms with E-state index in [2.05, 4.69) is 29.2 Å². The van der Waals surface area contributed by atoms with Gasteiger partial charge in [0.05, 0.1) is 0 Å². The number of nitrogens with zero attached hydrogens (tertiary/aromatic N) is 4. The number of ketones is 1. The van der Waals surface area contributed by atoms with Crippen molar-refractivity contribution in [3.63, 3.8) is 0 Å². The first-order chi connectivity index (χ1) is 15.9. The maximum Gasteiger partial charge on any atom is 0.183 e. The molecule has 0 fully saturated rings. The van der Waals surface area contributed by atoms with Crippen molar-refractivity contribution >= 4 is 11.5 Å². The predicted molar refractivity (Wildman–Crippen MR) is 135 cm³/mol. The van der Waals surface area contributed by atoms with Crippen LogP contribution in [-0.2, 0) is 6.42 Å². The third kappa shape index (κ3) is 8.00. The van der Waals surface area contributed by atoms with Crippen LogP contribution in [0, 0.1) is 11.3 Å². The number of allylic oxidation sites excluding steroid dienone is 2. The Morgan fingerprint density at radius 2 is 1.97 bits per heavy atom. The van der Waals surface area contributed by atoms with Gasteiger partial charge in [0.25, 0.3) is 0 Å². The lowest BCUT2D eigenvalue weighted by atomic mass is 9.98. The second-order valence-corrected chi connectivity index (χ2v) is 8.69. The normalized spacial score (nSPS) is 12.7. The number of nitrogens with one attached hydrogen (secondary N) is 2. The van der Waals surface area contributed by atoms with Gasteiger partial charge in [-0.15, -0.1) is 0 Å². The van der Waals surface area contributed by atoms with Crippen LogP contribution in [0.3, 0.4) is 0 Å². The molecule has 33 heavy (non-hydrogen) atoms. The first-order valence-electron chi connectivity index (χ1n) is 12.3. The lowest BCUT2D eigenvalue weighted by molar-refractivity contribution is 0.0976. The zero-order valence-corrected chi connectivity index (χ0v) is 20.9. The number of carbonyl (C=O) groups excluding carboxylic acids is 1. The first-order valence-corrected chi connectivity index (χ1v) is 12.3. The third-order valence-electron chi connectivity index (χ3n) is 5.78. The van der Waals surface area contributed by atoms with Gasteiger partial charge in [0.15, 0.2) is 17.4 Å². The fourth-order valence-electron chi connectivity index (χ4n) is 3.79. The van der Waals surface area contributed by atoms with Crippen molar-refractivity contribution in [2.45, 2.75) is 79.1 Å². The first kappa shape index (κ1) is 26.6. The minimum Gasteiger partial charge on any atom is -0.320 e. The van der Waals surface area contributed by atoms with E-state index in [-0.39, 0.29) is 5.78 Å². The van der Waals surface area contributed by atoms with Crippen LogP contribution in [-0.4, -0.2) is 44.8 Å². The van der Waals surface area contributed by atoms with Gasteiger partial charge in [-0.1, -0.05) is 33.3 Å². The number of aromatic nitrogens is 4. The Balaban J connectivity index is 2.33. The Morgan fingerprint density at radius 3 is 2.64 bits per heavy atom. The molecular formula is C26H40N6O. The third-order valence-corrected chi connectivity index (χ3v) is 5.78. The van der Waals surface area contributed by atoms with E-state index in [1.165, 1.54) is 6.42 Å². The maximum absolute atomic E-state index is 12.3. The van der Waals surface area contributed by atoms with Gasteiger partial charge >= 0.3 is 0 Å². The quantitative estimate of drug-likeness (QED) is 0.216. The number of aryl methyl sites for hydroxylation is 1. The highest BCUT2D eigenvalue weighted by Crippen LogP contribution is 2.18. The maximum atomic E-state index is 12.3. The van der Waals surface area contributed by atoms with E-state index in [9.17, 15) is 4.79 Å². The smallest absolute Gasteiger partial charge is 0.183 e. The van der Waals surface area contributed by atoms with Crippen molar-refractivity contribution in [2.24, 2.45) is 5.92 Å². The van der Waals surface area contributed by atoms with E-state index in [1.54, 1.807) is 16.9 Å². The summed E-state index contributed by atoms with van der Waals surface area (Å²) in [5, 5.41) is 16.4. The Hall–Kier alpha value is -2.67. The van der Waals surface area contributed by atoms with Gasteiger partial charge in [-0.2, -0.15) is 5.10 Å². The summed E-state index contributed by atoms with van der Waals surface area (Å²) in [6, 6.07) is 3.68. The molecule has 0 saturated carbocycles. The van der Waals surface area contributed by atoms with E-state index >= 15 is 0 Å². The molecule has 7 heteroatoms. The molecule has 2 heterocycles. The van der Waals surface area contributed by atoms with Gasteiger partial charge in [0, 0.05) is 24.4 Å². The molecule has 0 spiro atoms. The lowest BCUT2D eigenvalue weighted by Gasteiger charge is -2.13. The molecule has 0 bridgehead atoms.